The van der Waals surface area contributed by atoms with Crippen LogP contribution in [-0.2, 0) is 13.5 Å². The molecule has 2 heterocycles. The Morgan fingerprint density at radius 1 is 1.50 bits per heavy atom. The minimum atomic E-state index is -0.476. The second kappa shape index (κ2) is 5.21. The van der Waals surface area contributed by atoms with Crippen molar-refractivity contribution in [1.29, 1.82) is 0 Å². The summed E-state index contributed by atoms with van der Waals surface area (Å²) in [5, 5.41) is 21.2. The summed E-state index contributed by atoms with van der Waals surface area (Å²) in [4.78, 5) is 13.9. The molecule has 0 atom stereocenters. The Bertz CT molecular complexity index is 536. The quantitative estimate of drug-likeness (QED) is 0.620. The molecular weight excluding hydrogens is 236 g/mol. The van der Waals surface area contributed by atoms with Crippen LogP contribution in [-0.4, -0.2) is 31.2 Å². The number of nitro groups is 1. The smallest absolute Gasteiger partial charge is 0.287 e. The Morgan fingerprint density at radius 2 is 2.33 bits per heavy atom. The Morgan fingerprint density at radius 3 is 2.89 bits per heavy atom. The second-order valence-corrected chi connectivity index (χ2v) is 3.69. The van der Waals surface area contributed by atoms with Crippen LogP contribution in [0.1, 0.15) is 5.82 Å². The van der Waals surface area contributed by atoms with Crippen LogP contribution >= 0.6 is 0 Å². The first-order valence-corrected chi connectivity index (χ1v) is 5.34. The van der Waals surface area contributed by atoms with Gasteiger partial charge >= 0.3 is 0 Å². The number of aryl methyl sites for hydroxylation is 1. The van der Waals surface area contributed by atoms with E-state index >= 15 is 0 Å². The molecule has 0 fully saturated rings. The van der Waals surface area contributed by atoms with Gasteiger partial charge in [-0.15, -0.1) is 10.2 Å². The van der Waals surface area contributed by atoms with Crippen LogP contribution in [0.15, 0.2) is 24.7 Å². The van der Waals surface area contributed by atoms with Crippen molar-refractivity contribution in [3.8, 4) is 0 Å². The summed E-state index contributed by atoms with van der Waals surface area (Å²) in [6.07, 6.45) is 3.57. The number of anilines is 1. The molecule has 0 bridgehead atoms. The van der Waals surface area contributed by atoms with Crippen LogP contribution in [0.3, 0.4) is 0 Å². The van der Waals surface area contributed by atoms with Crippen molar-refractivity contribution >= 4 is 11.5 Å². The molecule has 18 heavy (non-hydrogen) atoms. The third-order valence-electron chi connectivity index (χ3n) is 2.42. The van der Waals surface area contributed by atoms with E-state index in [1.165, 1.54) is 12.3 Å². The monoisotopic (exact) mass is 248 g/mol. The number of aromatic nitrogens is 4. The highest BCUT2D eigenvalue weighted by molar-refractivity contribution is 5.40. The molecule has 0 radical (unpaired) electrons. The summed E-state index contributed by atoms with van der Waals surface area (Å²) in [6.45, 7) is 0.636. The lowest BCUT2D eigenvalue weighted by Crippen LogP contribution is -2.09. The number of hydrogen-bond donors (Lipinski definition) is 1. The SMILES string of the molecule is Cn1cnnc1CCNc1ccc([N+](=O)[O-])cn1. The van der Waals surface area contributed by atoms with Gasteiger partial charge in [0.25, 0.3) is 5.69 Å². The first kappa shape index (κ1) is 12.0. The lowest BCUT2D eigenvalue weighted by atomic mass is 10.3. The standard InChI is InChI=1S/C10H12N6O2/c1-15-7-13-14-10(15)4-5-11-9-3-2-8(6-12-9)16(17)18/h2-3,6-7H,4-5H2,1H3,(H,11,12). The van der Waals surface area contributed by atoms with E-state index in [-0.39, 0.29) is 5.69 Å². The van der Waals surface area contributed by atoms with Gasteiger partial charge in [0.2, 0.25) is 0 Å². The minimum Gasteiger partial charge on any atom is -0.370 e. The Labute approximate surface area is 103 Å². The van der Waals surface area contributed by atoms with E-state index in [9.17, 15) is 10.1 Å². The van der Waals surface area contributed by atoms with Gasteiger partial charge in [0.15, 0.2) is 0 Å². The fourth-order valence-electron chi connectivity index (χ4n) is 1.43. The fourth-order valence-corrected chi connectivity index (χ4v) is 1.43. The molecule has 0 saturated carbocycles. The van der Waals surface area contributed by atoms with Gasteiger partial charge in [0, 0.05) is 26.1 Å². The zero-order valence-electron chi connectivity index (χ0n) is 9.78. The van der Waals surface area contributed by atoms with Crippen molar-refractivity contribution in [1.82, 2.24) is 19.7 Å². The van der Waals surface area contributed by atoms with Gasteiger partial charge in [-0.1, -0.05) is 0 Å². The Hall–Kier alpha value is -2.51. The lowest BCUT2D eigenvalue weighted by Gasteiger charge is -2.04. The number of nitrogens with one attached hydrogen (secondary N) is 1. The number of rotatable bonds is 5. The number of pyridine rings is 1. The molecule has 2 aromatic rings. The van der Waals surface area contributed by atoms with Crippen molar-refractivity contribution in [3.05, 3.63) is 40.6 Å². The third kappa shape index (κ3) is 2.78. The molecule has 0 spiro atoms. The van der Waals surface area contributed by atoms with Crippen molar-refractivity contribution in [3.63, 3.8) is 0 Å². The molecule has 0 unspecified atom stereocenters. The van der Waals surface area contributed by atoms with Crippen LogP contribution < -0.4 is 5.32 Å². The van der Waals surface area contributed by atoms with E-state index in [0.29, 0.717) is 18.8 Å². The average Bonchev–Trinajstić information content (AvgIpc) is 2.76. The highest BCUT2D eigenvalue weighted by Gasteiger charge is 2.05. The second-order valence-electron chi connectivity index (χ2n) is 3.69. The van der Waals surface area contributed by atoms with Crippen molar-refractivity contribution in [2.24, 2.45) is 7.05 Å². The van der Waals surface area contributed by atoms with Gasteiger partial charge in [-0.05, 0) is 6.07 Å². The maximum atomic E-state index is 10.4. The highest BCUT2D eigenvalue weighted by Crippen LogP contribution is 2.11. The van der Waals surface area contributed by atoms with E-state index < -0.39 is 4.92 Å². The molecule has 8 heteroatoms. The van der Waals surface area contributed by atoms with E-state index in [1.807, 2.05) is 11.6 Å². The topological polar surface area (TPSA) is 98.8 Å². The average molecular weight is 248 g/mol. The van der Waals surface area contributed by atoms with Crippen LogP contribution in [0.5, 0.6) is 0 Å². The minimum absolute atomic E-state index is 0.0196. The van der Waals surface area contributed by atoms with Crippen molar-refractivity contribution < 1.29 is 4.92 Å². The largest absolute Gasteiger partial charge is 0.370 e. The molecule has 94 valence electrons. The number of hydrogen-bond acceptors (Lipinski definition) is 6. The zero-order valence-corrected chi connectivity index (χ0v) is 9.78. The van der Waals surface area contributed by atoms with Crippen LogP contribution in [0.25, 0.3) is 0 Å². The predicted molar refractivity (Wildman–Crippen MR) is 64.1 cm³/mol. The molecule has 0 aliphatic carbocycles. The van der Waals surface area contributed by atoms with Gasteiger partial charge in [0.05, 0.1) is 4.92 Å². The third-order valence-corrected chi connectivity index (χ3v) is 2.42. The summed E-state index contributed by atoms with van der Waals surface area (Å²) < 4.78 is 1.84. The Balaban J connectivity index is 1.87. The zero-order chi connectivity index (χ0) is 13.0. The van der Waals surface area contributed by atoms with Gasteiger partial charge in [-0.2, -0.15) is 0 Å². The molecule has 2 aromatic heterocycles. The molecule has 8 nitrogen and oxygen atoms in total. The van der Waals surface area contributed by atoms with Gasteiger partial charge in [-0.3, -0.25) is 10.1 Å². The molecule has 2 rings (SSSR count). The summed E-state index contributed by atoms with van der Waals surface area (Å²) in [6, 6.07) is 2.99. The maximum absolute atomic E-state index is 10.4. The summed E-state index contributed by atoms with van der Waals surface area (Å²) in [7, 11) is 1.87. The molecule has 0 aliphatic rings. The molecular formula is C10H12N6O2. The maximum Gasteiger partial charge on any atom is 0.287 e. The molecule has 0 amide bonds. The van der Waals surface area contributed by atoms with Gasteiger partial charge < -0.3 is 9.88 Å². The van der Waals surface area contributed by atoms with E-state index in [1.54, 1.807) is 12.4 Å². The molecule has 0 aliphatic heterocycles. The van der Waals surface area contributed by atoms with Gasteiger partial charge in [0.1, 0.15) is 24.2 Å². The summed E-state index contributed by atoms with van der Waals surface area (Å²) in [5.41, 5.74) is -0.0196. The predicted octanol–water partition coefficient (Wildman–Crippen LogP) is 0.773. The normalized spacial score (nSPS) is 10.3. The fraction of sp³-hybridized carbons (Fsp3) is 0.300. The summed E-state index contributed by atoms with van der Waals surface area (Å²) in [5.74, 6) is 1.46. The first-order chi connectivity index (χ1) is 8.66. The van der Waals surface area contributed by atoms with E-state index in [2.05, 4.69) is 20.5 Å². The highest BCUT2D eigenvalue weighted by atomic mass is 16.6. The Kier molecular flexibility index (Phi) is 3.46. The van der Waals surface area contributed by atoms with Gasteiger partial charge in [-0.25, -0.2) is 4.98 Å². The summed E-state index contributed by atoms with van der Waals surface area (Å²) >= 11 is 0. The molecule has 0 aromatic carbocycles. The van der Waals surface area contributed by atoms with E-state index in [4.69, 9.17) is 0 Å². The van der Waals surface area contributed by atoms with Crippen molar-refractivity contribution in [2.75, 3.05) is 11.9 Å². The van der Waals surface area contributed by atoms with Crippen molar-refractivity contribution in [2.45, 2.75) is 6.42 Å². The molecule has 1 N–H and O–H groups in total. The lowest BCUT2D eigenvalue weighted by molar-refractivity contribution is -0.385. The van der Waals surface area contributed by atoms with Crippen LogP contribution in [0.4, 0.5) is 11.5 Å². The first-order valence-electron chi connectivity index (χ1n) is 5.34. The van der Waals surface area contributed by atoms with Crippen LogP contribution in [0.2, 0.25) is 0 Å². The molecule has 0 saturated heterocycles. The number of nitrogens with zero attached hydrogens (tertiary/aromatic N) is 5. The van der Waals surface area contributed by atoms with Crippen LogP contribution in [0, 0.1) is 10.1 Å². The van der Waals surface area contributed by atoms with E-state index in [0.717, 1.165) is 5.82 Å².